The van der Waals surface area contributed by atoms with Crippen molar-refractivity contribution < 1.29 is 9.90 Å². The van der Waals surface area contributed by atoms with Crippen molar-refractivity contribution in [3.05, 3.63) is 23.8 Å². The van der Waals surface area contributed by atoms with Crippen LogP contribution < -0.4 is 5.73 Å². The first-order valence-electron chi connectivity index (χ1n) is 7.58. The molecule has 0 unspecified atom stereocenters. The lowest BCUT2D eigenvalue weighted by Crippen LogP contribution is -2.49. The number of hydrogen-bond acceptors (Lipinski definition) is 4. The van der Waals surface area contributed by atoms with Crippen LogP contribution in [0.25, 0.3) is 0 Å². The summed E-state index contributed by atoms with van der Waals surface area (Å²) >= 11 is 0. The van der Waals surface area contributed by atoms with Crippen LogP contribution in [0, 0.1) is 5.92 Å². The summed E-state index contributed by atoms with van der Waals surface area (Å²) in [4.78, 5) is 16.6. The van der Waals surface area contributed by atoms with Crippen molar-refractivity contribution in [1.82, 2.24) is 9.80 Å². The fourth-order valence-corrected chi connectivity index (χ4v) is 2.52. The van der Waals surface area contributed by atoms with E-state index in [4.69, 9.17) is 5.73 Å². The van der Waals surface area contributed by atoms with Crippen molar-refractivity contribution in [2.24, 2.45) is 5.92 Å². The second-order valence-corrected chi connectivity index (χ2v) is 6.06. The number of para-hydroxylation sites is 1. The third kappa shape index (κ3) is 3.88. The van der Waals surface area contributed by atoms with Gasteiger partial charge in [-0.15, -0.1) is 0 Å². The molecule has 5 nitrogen and oxygen atoms in total. The van der Waals surface area contributed by atoms with Crippen molar-refractivity contribution in [1.29, 1.82) is 0 Å². The van der Waals surface area contributed by atoms with Gasteiger partial charge in [0.25, 0.3) is 5.91 Å². The molecule has 0 bridgehead atoms. The highest BCUT2D eigenvalue weighted by atomic mass is 16.3. The van der Waals surface area contributed by atoms with E-state index in [0.29, 0.717) is 24.6 Å². The number of aromatic hydroxyl groups is 1. The van der Waals surface area contributed by atoms with Crippen LogP contribution >= 0.6 is 0 Å². The fourth-order valence-electron chi connectivity index (χ4n) is 2.52. The number of phenols is 1. The summed E-state index contributed by atoms with van der Waals surface area (Å²) in [6.45, 7) is 8.72. The summed E-state index contributed by atoms with van der Waals surface area (Å²) in [5.41, 5.74) is 6.19. The van der Waals surface area contributed by atoms with Gasteiger partial charge in [-0.05, 0) is 31.0 Å². The molecule has 1 aromatic carbocycles. The van der Waals surface area contributed by atoms with Crippen molar-refractivity contribution in [2.45, 2.75) is 20.3 Å². The topological polar surface area (TPSA) is 69.8 Å². The van der Waals surface area contributed by atoms with Crippen molar-refractivity contribution >= 4 is 11.6 Å². The zero-order valence-electron chi connectivity index (χ0n) is 12.9. The van der Waals surface area contributed by atoms with Gasteiger partial charge in [0, 0.05) is 26.2 Å². The lowest BCUT2D eigenvalue weighted by molar-refractivity contribution is 0.0629. The normalized spacial score (nSPS) is 16.4. The molecule has 2 rings (SSSR count). The first kappa shape index (κ1) is 15.6. The number of benzene rings is 1. The number of carbonyl (C=O) groups is 1. The predicted molar refractivity (Wildman–Crippen MR) is 84.3 cm³/mol. The molecular weight excluding hydrogens is 266 g/mol. The van der Waals surface area contributed by atoms with E-state index in [1.165, 1.54) is 6.42 Å². The molecule has 1 amide bonds. The van der Waals surface area contributed by atoms with Crippen molar-refractivity contribution in [3.8, 4) is 5.75 Å². The average Bonchev–Trinajstić information content (AvgIpc) is 2.48. The van der Waals surface area contributed by atoms with Gasteiger partial charge in [-0.3, -0.25) is 9.69 Å². The second-order valence-electron chi connectivity index (χ2n) is 6.06. The summed E-state index contributed by atoms with van der Waals surface area (Å²) < 4.78 is 0. The van der Waals surface area contributed by atoms with Crippen LogP contribution in [0.1, 0.15) is 30.6 Å². The monoisotopic (exact) mass is 291 g/mol. The largest absolute Gasteiger partial charge is 0.505 e. The summed E-state index contributed by atoms with van der Waals surface area (Å²) in [6, 6.07) is 4.91. The maximum absolute atomic E-state index is 12.4. The van der Waals surface area contributed by atoms with Gasteiger partial charge in [0.1, 0.15) is 0 Å². The lowest BCUT2D eigenvalue weighted by atomic mass is 10.1. The Morgan fingerprint density at radius 2 is 1.95 bits per heavy atom. The number of nitrogens with two attached hydrogens (primary N) is 1. The first-order chi connectivity index (χ1) is 9.99. The van der Waals surface area contributed by atoms with E-state index in [1.54, 1.807) is 23.1 Å². The smallest absolute Gasteiger partial charge is 0.257 e. The molecule has 116 valence electrons. The fraction of sp³-hybridized carbons (Fsp3) is 0.562. The number of piperazine rings is 1. The van der Waals surface area contributed by atoms with Gasteiger partial charge >= 0.3 is 0 Å². The summed E-state index contributed by atoms with van der Waals surface area (Å²) in [5, 5.41) is 9.91. The zero-order valence-corrected chi connectivity index (χ0v) is 12.9. The molecule has 0 aliphatic carbocycles. The van der Waals surface area contributed by atoms with Gasteiger partial charge in [0.2, 0.25) is 0 Å². The Bertz CT molecular complexity index is 494. The molecular formula is C16H25N3O2. The van der Waals surface area contributed by atoms with Gasteiger partial charge in [-0.1, -0.05) is 19.9 Å². The maximum Gasteiger partial charge on any atom is 0.257 e. The summed E-state index contributed by atoms with van der Waals surface area (Å²) in [5.74, 6) is 0.460. The van der Waals surface area contributed by atoms with Gasteiger partial charge < -0.3 is 15.7 Å². The minimum atomic E-state index is -0.136. The van der Waals surface area contributed by atoms with E-state index in [2.05, 4.69) is 18.7 Å². The zero-order chi connectivity index (χ0) is 15.4. The Balaban J connectivity index is 1.93. The molecule has 0 spiro atoms. The van der Waals surface area contributed by atoms with Crippen LogP contribution in [0.5, 0.6) is 5.75 Å². The first-order valence-corrected chi connectivity index (χ1v) is 7.58. The Morgan fingerprint density at radius 3 is 2.57 bits per heavy atom. The Morgan fingerprint density at radius 1 is 1.29 bits per heavy atom. The minimum Gasteiger partial charge on any atom is -0.505 e. The van der Waals surface area contributed by atoms with E-state index in [1.807, 2.05) is 0 Å². The minimum absolute atomic E-state index is 0.107. The number of nitrogens with zero attached hydrogens (tertiary/aromatic N) is 2. The van der Waals surface area contributed by atoms with Crippen LogP contribution in [0.4, 0.5) is 5.69 Å². The number of carbonyl (C=O) groups excluding carboxylic acids is 1. The van der Waals surface area contributed by atoms with E-state index < -0.39 is 0 Å². The van der Waals surface area contributed by atoms with E-state index >= 15 is 0 Å². The van der Waals surface area contributed by atoms with E-state index in [9.17, 15) is 9.90 Å². The van der Waals surface area contributed by atoms with Gasteiger partial charge in [-0.25, -0.2) is 0 Å². The molecule has 3 N–H and O–H groups in total. The Hall–Kier alpha value is -1.75. The van der Waals surface area contributed by atoms with Crippen molar-refractivity contribution in [2.75, 3.05) is 38.5 Å². The molecule has 1 aliphatic heterocycles. The quantitative estimate of drug-likeness (QED) is 0.655. The van der Waals surface area contributed by atoms with Crippen LogP contribution in [0.3, 0.4) is 0 Å². The van der Waals surface area contributed by atoms with Gasteiger partial charge in [-0.2, -0.15) is 0 Å². The molecule has 0 atom stereocenters. The van der Waals surface area contributed by atoms with Crippen LogP contribution in [0.15, 0.2) is 18.2 Å². The van der Waals surface area contributed by atoms with Crippen LogP contribution in [-0.4, -0.2) is 53.5 Å². The standard InChI is InChI=1S/C16H25N3O2/c1-12(2)6-7-18-8-10-19(11-9-18)16(21)13-4-3-5-14(17)15(13)20/h3-5,12,20H,6-11,17H2,1-2H3. The molecule has 1 saturated heterocycles. The third-order valence-corrected chi connectivity index (χ3v) is 3.98. The lowest BCUT2D eigenvalue weighted by Gasteiger charge is -2.35. The maximum atomic E-state index is 12.4. The highest BCUT2D eigenvalue weighted by Crippen LogP contribution is 2.26. The molecule has 1 fully saturated rings. The summed E-state index contributed by atoms with van der Waals surface area (Å²) in [7, 11) is 0. The van der Waals surface area contributed by atoms with Crippen LogP contribution in [-0.2, 0) is 0 Å². The van der Waals surface area contributed by atoms with Crippen LogP contribution in [0.2, 0.25) is 0 Å². The van der Waals surface area contributed by atoms with Crippen molar-refractivity contribution in [3.63, 3.8) is 0 Å². The Kier molecular flexibility index (Phi) is 5.07. The average molecular weight is 291 g/mol. The van der Waals surface area contributed by atoms with E-state index in [-0.39, 0.29) is 17.3 Å². The molecule has 1 heterocycles. The molecule has 0 aromatic heterocycles. The third-order valence-electron chi connectivity index (χ3n) is 3.98. The number of phenolic OH excluding ortho intramolecular Hbond substituents is 1. The number of amides is 1. The number of anilines is 1. The van der Waals surface area contributed by atoms with Gasteiger partial charge in [0.15, 0.2) is 5.75 Å². The molecule has 1 aromatic rings. The predicted octanol–water partition coefficient (Wildman–Crippen LogP) is 1.78. The van der Waals surface area contributed by atoms with Gasteiger partial charge in [0.05, 0.1) is 11.3 Å². The molecule has 5 heteroatoms. The number of nitrogen functional groups attached to an aromatic ring is 1. The molecule has 21 heavy (non-hydrogen) atoms. The molecule has 1 aliphatic rings. The highest BCUT2D eigenvalue weighted by Gasteiger charge is 2.24. The molecule has 0 radical (unpaired) electrons. The molecule has 0 saturated carbocycles. The highest BCUT2D eigenvalue weighted by molar-refractivity contribution is 5.98. The van der Waals surface area contributed by atoms with E-state index in [0.717, 1.165) is 19.6 Å². The second kappa shape index (κ2) is 6.80. The summed E-state index contributed by atoms with van der Waals surface area (Å²) in [6.07, 6.45) is 1.18. The number of rotatable bonds is 4. The Labute approximate surface area is 126 Å². The SMILES string of the molecule is CC(C)CCN1CCN(C(=O)c2cccc(N)c2O)CC1. The number of hydrogen-bond donors (Lipinski definition) is 2.